The molecule has 0 radical (unpaired) electrons. The maximum absolute atomic E-state index is 5.99. The molecule has 1 aromatic carbocycles. The Hall–Kier alpha value is -0.570. The van der Waals surface area contributed by atoms with Crippen molar-refractivity contribution in [3.8, 4) is 0 Å². The molecule has 1 atom stereocenters. The number of hydrogen-bond donors (Lipinski definition) is 0. The molecule has 2 rings (SSSR count). The highest BCUT2D eigenvalue weighted by Gasteiger charge is 2.34. The van der Waals surface area contributed by atoms with Crippen LogP contribution in [0.1, 0.15) is 12.0 Å². The van der Waals surface area contributed by atoms with Crippen molar-refractivity contribution in [2.45, 2.75) is 13.0 Å². The number of rotatable bonds is 5. The summed E-state index contributed by atoms with van der Waals surface area (Å²) in [6.45, 7) is 2.87. The Labute approximate surface area is 102 Å². The first kappa shape index (κ1) is 11.9. The first-order valence-electron chi connectivity index (χ1n) is 5.60. The number of halogens is 1. The Kier molecular flexibility index (Phi) is 4.22. The molecular formula is C13H17ClO2. The van der Waals surface area contributed by atoms with E-state index in [-0.39, 0.29) is 5.41 Å². The molecule has 88 valence electrons. The molecule has 0 saturated carbocycles. The summed E-state index contributed by atoms with van der Waals surface area (Å²) in [7, 11) is 0. The molecule has 0 bridgehead atoms. The molecule has 1 fully saturated rings. The second kappa shape index (κ2) is 5.67. The maximum atomic E-state index is 5.99. The van der Waals surface area contributed by atoms with Crippen LogP contribution in [-0.2, 0) is 16.1 Å². The minimum absolute atomic E-state index is 0.0380. The third-order valence-electron chi connectivity index (χ3n) is 2.99. The van der Waals surface area contributed by atoms with E-state index in [0.717, 1.165) is 19.6 Å². The first-order valence-corrected chi connectivity index (χ1v) is 6.13. The van der Waals surface area contributed by atoms with Gasteiger partial charge in [-0.3, -0.25) is 0 Å². The van der Waals surface area contributed by atoms with E-state index in [1.807, 2.05) is 18.2 Å². The molecule has 0 spiro atoms. The average molecular weight is 241 g/mol. The molecule has 3 heteroatoms. The molecule has 0 N–H and O–H groups in total. The van der Waals surface area contributed by atoms with Gasteiger partial charge in [-0.15, -0.1) is 11.6 Å². The van der Waals surface area contributed by atoms with Crippen LogP contribution in [0.3, 0.4) is 0 Å². The minimum atomic E-state index is 0.0380. The lowest BCUT2D eigenvalue weighted by molar-refractivity contribution is 0.0364. The third kappa shape index (κ3) is 2.97. The second-order valence-corrected chi connectivity index (χ2v) is 4.68. The van der Waals surface area contributed by atoms with Crippen LogP contribution >= 0.6 is 11.6 Å². The normalized spacial score (nSPS) is 24.8. The van der Waals surface area contributed by atoms with Crippen LogP contribution in [0.25, 0.3) is 0 Å². The standard InChI is InChI=1S/C13H17ClO2/c14-9-13(6-7-15-10-13)11-16-8-12-4-2-1-3-5-12/h1-5H,6-11H2. The van der Waals surface area contributed by atoms with E-state index in [1.54, 1.807) is 0 Å². The van der Waals surface area contributed by atoms with Gasteiger partial charge in [0.05, 0.1) is 19.8 Å². The molecule has 0 aromatic heterocycles. The molecule has 1 heterocycles. The number of alkyl halides is 1. The van der Waals surface area contributed by atoms with Crippen molar-refractivity contribution in [2.75, 3.05) is 25.7 Å². The summed E-state index contributed by atoms with van der Waals surface area (Å²) in [5.74, 6) is 0.613. The lowest BCUT2D eigenvalue weighted by Crippen LogP contribution is -2.29. The van der Waals surface area contributed by atoms with Gasteiger partial charge < -0.3 is 9.47 Å². The van der Waals surface area contributed by atoms with E-state index >= 15 is 0 Å². The summed E-state index contributed by atoms with van der Waals surface area (Å²) in [4.78, 5) is 0. The molecule has 0 aliphatic carbocycles. The fourth-order valence-electron chi connectivity index (χ4n) is 1.87. The van der Waals surface area contributed by atoms with Gasteiger partial charge in [-0.05, 0) is 12.0 Å². The SMILES string of the molecule is ClCC1(COCc2ccccc2)CCOC1. The smallest absolute Gasteiger partial charge is 0.0717 e. The van der Waals surface area contributed by atoms with Gasteiger partial charge in [0.2, 0.25) is 0 Å². The third-order valence-corrected chi connectivity index (χ3v) is 3.56. The predicted octanol–water partition coefficient (Wildman–Crippen LogP) is 2.85. The Morgan fingerprint density at radius 1 is 1.31 bits per heavy atom. The summed E-state index contributed by atoms with van der Waals surface area (Å²) in [6.07, 6.45) is 1.01. The second-order valence-electron chi connectivity index (χ2n) is 4.41. The van der Waals surface area contributed by atoms with Gasteiger partial charge in [-0.2, -0.15) is 0 Å². The number of ether oxygens (including phenoxy) is 2. The van der Waals surface area contributed by atoms with Crippen LogP contribution in [0, 0.1) is 5.41 Å². The van der Waals surface area contributed by atoms with E-state index in [1.165, 1.54) is 5.56 Å². The van der Waals surface area contributed by atoms with Crippen molar-refractivity contribution in [3.05, 3.63) is 35.9 Å². The number of benzene rings is 1. The van der Waals surface area contributed by atoms with Crippen LogP contribution in [-0.4, -0.2) is 25.7 Å². The molecule has 2 nitrogen and oxygen atoms in total. The van der Waals surface area contributed by atoms with Gasteiger partial charge >= 0.3 is 0 Å². The monoisotopic (exact) mass is 240 g/mol. The summed E-state index contributed by atoms with van der Waals surface area (Å²) in [6, 6.07) is 10.2. The van der Waals surface area contributed by atoms with E-state index in [2.05, 4.69) is 12.1 Å². The molecule has 0 amide bonds. The molecule has 1 unspecified atom stereocenters. The van der Waals surface area contributed by atoms with Gasteiger partial charge in [-0.1, -0.05) is 30.3 Å². The van der Waals surface area contributed by atoms with Crippen LogP contribution < -0.4 is 0 Å². The molecule has 1 aliphatic heterocycles. The van der Waals surface area contributed by atoms with Crippen LogP contribution in [0.4, 0.5) is 0 Å². The Morgan fingerprint density at radius 2 is 2.12 bits per heavy atom. The zero-order valence-electron chi connectivity index (χ0n) is 9.32. The van der Waals surface area contributed by atoms with Crippen LogP contribution in [0.2, 0.25) is 0 Å². The highest BCUT2D eigenvalue weighted by Crippen LogP contribution is 2.30. The predicted molar refractivity (Wildman–Crippen MR) is 64.7 cm³/mol. The maximum Gasteiger partial charge on any atom is 0.0717 e. The van der Waals surface area contributed by atoms with Crippen molar-refractivity contribution >= 4 is 11.6 Å². The lowest BCUT2D eigenvalue weighted by Gasteiger charge is -2.23. The fraction of sp³-hybridized carbons (Fsp3) is 0.538. The van der Waals surface area contributed by atoms with Crippen molar-refractivity contribution in [1.82, 2.24) is 0 Å². The zero-order chi connectivity index (χ0) is 11.3. The lowest BCUT2D eigenvalue weighted by atomic mass is 9.91. The van der Waals surface area contributed by atoms with Crippen LogP contribution in [0.15, 0.2) is 30.3 Å². The Balaban J connectivity index is 1.79. The summed E-state index contributed by atoms with van der Waals surface area (Å²) in [5.41, 5.74) is 1.24. The van der Waals surface area contributed by atoms with Crippen molar-refractivity contribution < 1.29 is 9.47 Å². The number of hydrogen-bond acceptors (Lipinski definition) is 2. The molecular weight excluding hydrogens is 224 g/mol. The van der Waals surface area contributed by atoms with E-state index in [9.17, 15) is 0 Å². The Bertz CT molecular complexity index is 307. The summed E-state index contributed by atoms with van der Waals surface area (Å²) in [5, 5.41) is 0. The molecule has 1 saturated heterocycles. The van der Waals surface area contributed by atoms with E-state index in [4.69, 9.17) is 21.1 Å². The van der Waals surface area contributed by atoms with Gasteiger partial charge in [0.15, 0.2) is 0 Å². The molecule has 1 aromatic rings. The van der Waals surface area contributed by atoms with E-state index in [0.29, 0.717) is 19.1 Å². The largest absolute Gasteiger partial charge is 0.381 e. The van der Waals surface area contributed by atoms with Gasteiger partial charge in [0, 0.05) is 17.9 Å². The van der Waals surface area contributed by atoms with Crippen molar-refractivity contribution in [1.29, 1.82) is 0 Å². The van der Waals surface area contributed by atoms with Crippen LogP contribution in [0.5, 0.6) is 0 Å². The summed E-state index contributed by atoms with van der Waals surface area (Å²) < 4.78 is 11.1. The summed E-state index contributed by atoms with van der Waals surface area (Å²) >= 11 is 5.99. The van der Waals surface area contributed by atoms with Crippen molar-refractivity contribution in [2.24, 2.45) is 5.41 Å². The first-order chi connectivity index (χ1) is 7.85. The quantitative estimate of drug-likeness (QED) is 0.737. The van der Waals surface area contributed by atoms with Crippen molar-refractivity contribution in [3.63, 3.8) is 0 Å². The fourth-order valence-corrected chi connectivity index (χ4v) is 2.15. The van der Waals surface area contributed by atoms with Gasteiger partial charge in [0.1, 0.15) is 0 Å². The van der Waals surface area contributed by atoms with E-state index < -0.39 is 0 Å². The highest BCUT2D eigenvalue weighted by molar-refractivity contribution is 6.18. The topological polar surface area (TPSA) is 18.5 Å². The molecule has 1 aliphatic rings. The zero-order valence-corrected chi connectivity index (χ0v) is 10.1. The van der Waals surface area contributed by atoms with Gasteiger partial charge in [-0.25, -0.2) is 0 Å². The van der Waals surface area contributed by atoms with Gasteiger partial charge in [0.25, 0.3) is 0 Å². The molecule has 16 heavy (non-hydrogen) atoms. The average Bonchev–Trinajstić information content (AvgIpc) is 2.80. The minimum Gasteiger partial charge on any atom is -0.381 e. The highest BCUT2D eigenvalue weighted by atomic mass is 35.5. The Morgan fingerprint density at radius 3 is 2.75 bits per heavy atom.